The Morgan fingerprint density at radius 3 is 2.41 bits per heavy atom. The van der Waals surface area contributed by atoms with Crippen molar-refractivity contribution in [3.05, 3.63) is 0 Å². The van der Waals surface area contributed by atoms with Crippen molar-refractivity contribution >= 4 is 17.8 Å². The fraction of sp³-hybridized carbons (Fsp3) is 0.727. The standard InChI is InChI=1S/C11H17NO5/c1-4-16-10(14)8-6-12(7(3)9(8)13)11(15)17-5-2/h7-8H,4-6H2,1-3H3. The van der Waals surface area contributed by atoms with Crippen molar-refractivity contribution in [2.45, 2.75) is 26.8 Å². The second-order valence-corrected chi connectivity index (χ2v) is 3.73. The van der Waals surface area contributed by atoms with Crippen molar-refractivity contribution < 1.29 is 23.9 Å². The maximum atomic E-state index is 11.8. The van der Waals surface area contributed by atoms with E-state index in [-0.39, 0.29) is 25.5 Å². The van der Waals surface area contributed by atoms with Crippen LogP contribution in [0.4, 0.5) is 4.79 Å². The highest BCUT2D eigenvalue weighted by Crippen LogP contribution is 2.21. The molecule has 17 heavy (non-hydrogen) atoms. The van der Waals surface area contributed by atoms with Gasteiger partial charge >= 0.3 is 12.1 Å². The van der Waals surface area contributed by atoms with E-state index in [0.717, 1.165) is 0 Å². The summed E-state index contributed by atoms with van der Waals surface area (Å²) in [6, 6.07) is -0.636. The Kier molecular flexibility index (Phi) is 4.48. The van der Waals surface area contributed by atoms with Gasteiger partial charge in [-0.2, -0.15) is 0 Å². The highest BCUT2D eigenvalue weighted by molar-refractivity contribution is 6.05. The van der Waals surface area contributed by atoms with Crippen LogP contribution in [0.2, 0.25) is 0 Å². The molecule has 1 aliphatic rings. The Labute approximate surface area is 99.9 Å². The minimum Gasteiger partial charge on any atom is -0.465 e. The quantitative estimate of drug-likeness (QED) is 0.536. The zero-order valence-electron chi connectivity index (χ0n) is 10.3. The number of carbonyl (C=O) groups is 3. The number of nitrogens with zero attached hydrogens (tertiary/aromatic N) is 1. The lowest BCUT2D eigenvalue weighted by molar-refractivity contribution is -0.150. The van der Waals surface area contributed by atoms with Gasteiger partial charge in [-0.25, -0.2) is 4.79 Å². The SMILES string of the molecule is CCOC(=O)C1CN(C(=O)OCC)C(C)C1=O. The number of ketones is 1. The minimum absolute atomic E-state index is 0.0394. The average molecular weight is 243 g/mol. The molecule has 0 radical (unpaired) electrons. The molecular weight excluding hydrogens is 226 g/mol. The number of likely N-dealkylation sites (tertiary alicyclic amines) is 1. The Morgan fingerprint density at radius 1 is 1.29 bits per heavy atom. The normalized spacial score (nSPS) is 23.7. The summed E-state index contributed by atoms with van der Waals surface area (Å²) in [6.45, 7) is 5.43. The van der Waals surface area contributed by atoms with E-state index in [4.69, 9.17) is 9.47 Å². The molecule has 0 bridgehead atoms. The summed E-state index contributed by atoms with van der Waals surface area (Å²) in [7, 11) is 0. The van der Waals surface area contributed by atoms with E-state index in [2.05, 4.69) is 0 Å². The van der Waals surface area contributed by atoms with Crippen LogP contribution >= 0.6 is 0 Å². The molecular formula is C11H17NO5. The predicted octanol–water partition coefficient (Wildman–Crippen LogP) is 0.595. The molecule has 6 nitrogen and oxygen atoms in total. The highest BCUT2D eigenvalue weighted by atomic mass is 16.6. The zero-order chi connectivity index (χ0) is 13.0. The number of Topliss-reactive ketones (excluding diaryl/α,β-unsaturated/α-hetero) is 1. The van der Waals surface area contributed by atoms with E-state index in [1.807, 2.05) is 0 Å². The third-order valence-corrected chi connectivity index (χ3v) is 2.68. The van der Waals surface area contributed by atoms with E-state index in [9.17, 15) is 14.4 Å². The second kappa shape index (κ2) is 5.65. The molecule has 0 aromatic rings. The van der Waals surface area contributed by atoms with Crippen LogP contribution in [0.5, 0.6) is 0 Å². The third kappa shape index (κ3) is 2.75. The lowest BCUT2D eigenvalue weighted by Crippen LogP contribution is -2.36. The van der Waals surface area contributed by atoms with Gasteiger partial charge in [-0.15, -0.1) is 0 Å². The van der Waals surface area contributed by atoms with Crippen LogP contribution in [0.3, 0.4) is 0 Å². The first-order valence-electron chi connectivity index (χ1n) is 5.66. The summed E-state index contributed by atoms with van der Waals surface area (Å²) in [5.74, 6) is -1.75. The molecule has 1 saturated heterocycles. The van der Waals surface area contributed by atoms with Gasteiger partial charge in [-0.05, 0) is 20.8 Å². The van der Waals surface area contributed by atoms with Crippen LogP contribution in [-0.4, -0.2) is 48.5 Å². The number of ether oxygens (including phenoxy) is 2. The summed E-state index contributed by atoms with van der Waals surface area (Å²) in [4.78, 5) is 36.1. The summed E-state index contributed by atoms with van der Waals surface area (Å²) in [5.41, 5.74) is 0. The maximum absolute atomic E-state index is 11.8. The van der Waals surface area contributed by atoms with Gasteiger partial charge in [0.25, 0.3) is 0 Å². The van der Waals surface area contributed by atoms with Crippen molar-refractivity contribution in [2.24, 2.45) is 5.92 Å². The van der Waals surface area contributed by atoms with Crippen molar-refractivity contribution in [2.75, 3.05) is 19.8 Å². The van der Waals surface area contributed by atoms with Crippen LogP contribution in [0.15, 0.2) is 0 Å². The maximum Gasteiger partial charge on any atom is 0.410 e. The van der Waals surface area contributed by atoms with Crippen LogP contribution in [-0.2, 0) is 19.1 Å². The topological polar surface area (TPSA) is 72.9 Å². The average Bonchev–Trinajstić information content (AvgIpc) is 2.57. The highest BCUT2D eigenvalue weighted by Gasteiger charge is 2.45. The second-order valence-electron chi connectivity index (χ2n) is 3.73. The Hall–Kier alpha value is -1.59. The fourth-order valence-corrected chi connectivity index (χ4v) is 1.76. The molecule has 2 unspecified atom stereocenters. The van der Waals surface area contributed by atoms with E-state index in [1.165, 1.54) is 4.90 Å². The lowest BCUT2D eigenvalue weighted by atomic mass is 10.1. The van der Waals surface area contributed by atoms with Crippen molar-refractivity contribution in [1.82, 2.24) is 4.90 Å². The minimum atomic E-state index is -0.880. The Balaban J connectivity index is 2.72. The van der Waals surface area contributed by atoms with Gasteiger partial charge < -0.3 is 9.47 Å². The molecule has 0 saturated carbocycles. The molecule has 0 spiro atoms. The Morgan fingerprint density at radius 2 is 1.88 bits per heavy atom. The van der Waals surface area contributed by atoms with Crippen LogP contribution in [0.1, 0.15) is 20.8 Å². The molecule has 1 rings (SSSR count). The van der Waals surface area contributed by atoms with Gasteiger partial charge in [0.15, 0.2) is 5.78 Å². The molecule has 96 valence electrons. The summed E-state index contributed by atoms with van der Waals surface area (Å²) in [5, 5.41) is 0. The van der Waals surface area contributed by atoms with Crippen molar-refractivity contribution in [3.63, 3.8) is 0 Å². The van der Waals surface area contributed by atoms with E-state index < -0.39 is 24.0 Å². The molecule has 0 aliphatic carbocycles. The van der Waals surface area contributed by atoms with Crippen LogP contribution < -0.4 is 0 Å². The number of hydrogen-bond donors (Lipinski definition) is 0. The molecule has 1 fully saturated rings. The predicted molar refractivity (Wildman–Crippen MR) is 58.3 cm³/mol. The molecule has 1 heterocycles. The molecule has 6 heteroatoms. The summed E-state index contributed by atoms with van der Waals surface area (Å²) < 4.78 is 9.61. The molecule has 1 amide bonds. The van der Waals surface area contributed by atoms with Crippen molar-refractivity contribution in [1.29, 1.82) is 0 Å². The third-order valence-electron chi connectivity index (χ3n) is 2.68. The van der Waals surface area contributed by atoms with Gasteiger partial charge in [-0.1, -0.05) is 0 Å². The van der Waals surface area contributed by atoms with Gasteiger partial charge in [0, 0.05) is 6.54 Å². The number of esters is 1. The first kappa shape index (κ1) is 13.5. The van der Waals surface area contributed by atoms with Crippen molar-refractivity contribution in [3.8, 4) is 0 Å². The van der Waals surface area contributed by atoms with Crippen LogP contribution in [0, 0.1) is 5.92 Å². The first-order valence-corrected chi connectivity index (χ1v) is 5.66. The molecule has 0 N–H and O–H groups in total. The number of amides is 1. The van der Waals surface area contributed by atoms with Gasteiger partial charge in [-0.3, -0.25) is 14.5 Å². The van der Waals surface area contributed by atoms with Gasteiger partial charge in [0.2, 0.25) is 0 Å². The molecule has 2 atom stereocenters. The summed E-state index contributed by atoms with van der Waals surface area (Å²) >= 11 is 0. The lowest BCUT2D eigenvalue weighted by Gasteiger charge is -2.18. The number of rotatable bonds is 3. The van der Waals surface area contributed by atoms with Gasteiger partial charge in [0.1, 0.15) is 5.92 Å². The van der Waals surface area contributed by atoms with E-state index >= 15 is 0 Å². The van der Waals surface area contributed by atoms with Crippen LogP contribution in [0.25, 0.3) is 0 Å². The molecule has 1 aliphatic heterocycles. The number of hydrogen-bond acceptors (Lipinski definition) is 5. The Bertz CT molecular complexity index is 328. The molecule has 0 aromatic heterocycles. The number of carbonyl (C=O) groups excluding carboxylic acids is 3. The molecule has 0 aromatic carbocycles. The first-order chi connectivity index (χ1) is 8.02. The largest absolute Gasteiger partial charge is 0.465 e. The monoisotopic (exact) mass is 243 g/mol. The van der Waals surface area contributed by atoms with E-state index in [0.29, 0.717) is 0 Å². The van der Waals surface area contributed by atoms with Gasteiger partial charge in [0.05, 0.1) is 19.3 Å². The smallest absolute Gasteiger partial charge is 0.410 e. The summed E-state index contributed by atoms with van der Waals surface area (Å²) in [6.07, 6.45) is -0.569. The fourth-order valence-electron chi connectivity index (χ4n) is 1.76. The van der Waals surface area contributed by atoms with E-state index in [1.54, 1.807) is 20.8 Å². The zero-order valence-corrected chi connectivity index (χ0v) is 10.3.